The van der Waals surface area contributed by atoms with Crippen LogP contribution in [0.25, 0.3) is 0 Å². The molecule has 2 aromatic rings. The van der Waals surface area contributed by atoms with E-state index in [1.807, 2.05) is 36.4 Å². The molecular formula is C30H34O4. The Hall–Kier alpha value is -3.06. The summed E-state index contributed by atoms with van der Waals surface area (Å²) in [5.74, 6) is 6.28. The van der Waals surface area contributed by atoms with Gasteiger partial charge in [0.1, 0.15) is 0 Å². The van der Waals surface area contributed by atoms with E-state index >= 15 is 0 Å². The van der Waals surface area contributed by atoms with Crippen molar-refractivity contribution in [3.63, 3.8) is 0 Å². The predicted molar refractivity (Wildman–Crippen MR) is 132 cm³/mol. The Bertz CT molecular complexity index is 897. The first-order valence-corrected chi connectivity index (χ1v) is 12.7. The van der Waals surface area contributed by atoms with E-state index in [1.165, 1.54) is 12.8 Å². The lowest BCUT2D eigenvalue weighted by Crippen LogP contribution is -2.30. The normalized spacial score (nSPS) is 18.7. The van der Waals surface area contributed by atoms with E-state index in [4.69, 9.17) is 9.47 Å². The highest BCUT2D eigenvalue weighted by molar-refractivity contribution is 5.90. The Labute approximate surface area is 203 Å². The summed E-state index contributed by atoms with van der Waals surface area (Å²) in [6, 6.07) is 18.1. The zero-order valence-corrected chi connectivity index (χ0v) is 19.8. The van der Waals surface area contributed by atoms with Crippen molar-refractivity contribution < 1.29 is 19.1 Å². The van der Waals surface area contributed by atoms with Crippen molar-refractivity contribution >= 4 is 11.9 Å². The third-order valence-electron chi connectivity index (χ3n) is 7.01. The van der Waals surface area contributed by atoms with Crippen molar-refractivity contribution in [2.24, 2.45) is 11.8 Å². The van der Waals surface area contributed by atoms with Gasteiger partial charge >= 0.3 is 11.9 Å². The van der Waals surface area contributed by atoms with E-state index < -0.39 is 12.2 Å². The fraction of sp³-hybridized carbons (Fsp3) is 0.467. The second-order valence-electron chi connectivity index (χ2n) is 9.47. The maximum atomic E-state index is 12.8. The lowest BCUT2D eigenvalue weighted by molar-refractivity contribution is 0.0215. The number of rotatable bonds is 6. The average Bonchev–Trinajstić information content (AvgIpc) is 2.92. The Morgan fingerprint density at radius 2 is 0.941 bits per heavy atom. The zero-order valence-electron chi connectivity index (χ0n) is 19.8. The molecule has 2 fully saturated rings. The maximum absolute atomic E-state index is 12.8. The van der Waals surface area contributed by atoms with E-state index in [-0.39, 0.29) is 23.8 Å². The predicted octanol–water partition coefficient (Wildman–Crippen LogP) is 6.60. The van der Waals surface area contributed by atoms with Gasteiger partial charge < -0.3 is 9.47 Å². The second-order valence-corrected chi connectivity index (χ2v) is 9.47. The molecule has 0 N–H and O–H groups in total. The molecule has 0 aliphatic heterocycles. The minimum atomic E-state index is -0.491. The molecule has 178 valence electrons. The van der Waals surface area contributed by atoms with Crippen LogP contribution in [0.15, 0.2) is 60.7 Å². The number of hydrogen-bond donors (Lipinski definition) is 0. The van der Waals surface area contributed by atoms with Crippen LogP contribution in [0.5, 0.6) is 0 Å². The van der Waals surface area contributed by atoms with Gasteiger partial charge in [0, 0.05) is 11.8 Å². The highest BCUT2D eigenvalue weighted by Gasteiger charge is 2.29. The molecule has 0 spiro atoms. The molecule has 4 heteroatoms. The largest absolute Gasteiger partial charge is 0.445 e. The van der Waals surface area contributed by atoms with Gasteiger partial charge in [-0.05, 0) is 49.9 Å². The molecule has 2 aliphatic carbocycles. The molecule has 2 saturated carbocycles. The van der Waals surface area contributed by atoms with Gasteiger partial charge in [-0.1, -0.05) is 86.8 Å². The van der Waals surface area contributed by atoms with Gasteiger partial charge in [-0.15, -0.1) is 0 Å². The highest BCUT2D eigenvalue weighted by atomic mass is 16.5. The number of carbonyl (C=O) groups is 2. The van der Waals surface area contributed by atoms with Gasteiger partial charge in [0.2, 0.25) is 0 Å². The van der Waals surface area contributed by atoms with E-state index in [2.05, 4.69) is 11.8 Å². The summed E-state index contributed by atoms with van der Waals surface area (Å²) in [6.07, 6.45) is 9.94. The van der Waals surface area contributed by atoms with Crippen LogP contribution in [0.3, 0.4) is 0 Å². The minimum absolute atomic E-state index is 0.214. The van der Waals surface area contributed by atoms with Crippen LogP contribution in [0.2, 0.25) is 0 Å². The average molecular weight is 459 g/mol. The SMILES string of the molecule is O=C(O[C@@H](C#C[C@H](OC(=O)c1ccccc1)C1CCCCC1)C1CCCCC1)c1ccccc1. The fourth-order valence-electron chi connectivity index (χ4n) is 5.04. The van der Waals surface area contributed by atoms with Gasteiger partial charge in [-0.25, -0.2) is 9.59 Å². The molecule has 0 unspecified atom stereocenters. The first-order valence-electron chi connectivity index (χ1n) is 12.7. The summed E-state index contributed by atoms with van der Waals surface area (Å²) in [7, 11) is 0. The number of esters is 2. The lowest BCUT2D eigenvalue weighted by atomic mass is 9.84. The van der Waals surface area contributed by atoms with E-state index in [9.17, 15) is 9.59 Å². The van der Waals surface area contributed by atoms with Crippen molar-refractivity contribution in [3.05, 3.63) is 71.8 Å². The molecule has 4 nitrogen and oxygen atoms in total. The topological polar surface area (TPSA) is 52.6 Å². The van der Waals surface area contributed by atoms with Crippen LogP contribution in [0.4, 0.5) is 0 Å². The molecule has 0 saturated heterocycles. The van der Waals surface area contributed by atoms with Gasteiger partial charge in [-0.2, -0.15) is 0 Å². The van der Waals surface area contributed by atoms with Crippen molar-refractivity contribution in [1.29, 1.82) is 0 Å². The number of ether oxygens (including phenoxy) is 2. The third-order valence-corrected chi connectivity index (χ3v) is 7.01. The molecular weight excluding hydrogens is 424 g/mol. The zero-order chi connectivity index (χ0) is 23.6. The molecule has 2 aromatic carbocycles. The molecule has 2 atom stereocenters. The Morgan fingerprint density at radius 1 is 0.588 bits per heavy atom. The summed E-state index contributed by atoms with van der Waals surface area (Å²) < 4.78 is 11.9. The van der Waals surface area contributed by atoms with Crippen molar-refractivity contribution in [2.75, 3.05) is 0 Å². The quantitative estimate of drug-likeness (QED) is 0.361. The van der Waals surface area contributed by atoms with Crippen molar-refractivity contribution in [2.45, 2.75) is 76.4 Å². The van der Waals surface area contributed by atoms with E-state index in [0.717, 1.165) is 51.4 Å². The maximum Gasteiger partial charge on any atom is 0.339 e. The molecule has 4 rings (SSSR count). The Kier molecular flexibility index (Phi) is 8.79. The second kappa shape index (κ2) is 12.4. The van der Waals surface area contributed by atoms with Crippen LogP contribution in [0.1, 0.15) is 84.9 Å². The van der Waals surface area contributed by atoms with Gasteiger partial charge in [0.25, 0.3) is 0 Å². The van der Waals surface area contributed by atoms with Crippen LogP contribution < -0.4 is 0 Å². The van der Waals surface area contributed by atoms with Crippen LogP contribution in [-0.4, -0.2) is 24.1 Å². The first-order chi connectivity index (χ1) is 16.7. The summed E-state index contributed by atoms with van der Waals surface area (Å²) in [6.45, 7) is 0. The Balaban J connectivity index is 1.55. The molecule has 34 heavy (non-hydrogen) atoms. The molecule has 0 heterocycles. The lowest BCUT2D eigenvalue weighted by Gasteiger charge is -2.28. The van der Waals surface area contributed by atoms with Gasteiger partial charge in [0.15, 0.2) is 12.2 Å². The van der Waals surface area contributed by atoms with Gasteiger partial charge in [-0.3, -0.25) is 0 Å². The molecule has 2 aliphatic rings. The van der Waals surface area contributed by atoms with E-state index in [0.29, 0.717) is 11.1 Å². The molecule has 0 aromatic heterocycles. The summed E-state index contributed by atoms with van der Waals surface area (Å²) >= 11 is 0. The number of benzene rings is 2. The summed E-state index contributed by atoms with van der Waals surface area (Å²) in [5.41, 5.74) is 1.06. The van der Waals surface area contributed by atoms with E-state index in [1.54, 1.807) is 24.3 Å². The standard InChI is InChI=1S/C30H34O4/c31-29(25-17-9-3-10-18-25)33-27(23-13-5-1-6-14-23)21-22-28(24-15-7-2-8-16-24)34-30(32)26-19-11-4-12-20-26/h3-4,9-12,17-20,23-24,27-28H,1-2,5-8,13-16H2/t27-,28-/m0/s1. The smallest absolute Gasteiger partial charge is 0.339 e. The Morgan fingerprint density at radius 3 is 1.29 bits per heavy atom. The van der Waals surface area contributed by atoms with Gasteiger partial charge in [0.05, 0.1) is 11.1 Å². The molecule has 0 amide bonds. The van der Waals surface area contributed by atoms with Crippen LogP contribution >= 0.6 is 0 Å². The number of hydrogen-bond acceptors (Lipinski definition) is 4. The number of carbonyl (C=O) groups excluding carboxylic acids is 2. The fourth-order valence-corrected chi connectivity index (χ4v) is 5.04. The molecule has 0 radical (unpaired) electrons. The first kappa shape index (κ1) is 24.1. The summed E-state index contributed by atoms with van der Waals surface area (Å²) in [4.78, 5) is 25.7. The summed E-state index contributed by atoms with van der Waals surface area (Å²) in [5, 5.41) is 0. The highest BCUT2D eigenvalue weighted by Crippen LogP contribution is 2.30. The van der Waals surface area contributed by atoms with Crippen molar-refractivity contribution in [1.82, 2.24) is 0 Å². The van der Waals surface area contributed by atoms with Crippen LogP contribution in [-0.2, 0) is 9.47 Å². The van der Waals surface area contributed by atoms with Crippen LogP contribution in [0, 0.1) is 23.7 Å². The molecule has 0 bridgehead atoms. The van der Waals surface area contributed by atoms with Crippen molar-refractivity contribution in [3.8, 4) is 11.8 Å². The minimum Gasteiger partial charge on any atom is -0.445 e. The third kappa shape index (κ3) is 6.73. The monoisotopic (exact) mass is 458 g/mol.